The van der Waals surface area contributed by atoms with Gasteiger partial charge in [0, 0.05) is 24.9 Å². The van der Waals surface area contributed by atoms with Crippen LogP contribution in [0.5, 0.6) is 0 Å². The molecule has 1 aromatic rings. The van der Waals surface area contributed by atoms with Gasteiger partial charge in [0.2, 0.25) is 11.8 Å². The van der Waals surface area contributed by atoms with Crippen LogP contribution >= 0.6 is 0 Å². The summed E-state index contributed by atoms with van der Waals surface area (Å²) >= 11 is 0. The van der Waals surface area contributed by atoms with Crippen LogP contribution in [0.15, 0.2) is 4.42 Å². The van der Waals surface area contributed by atoms with Crippen molar-refractivity contribution in [1.82, 2.24) is 15.5 Å². The van der Waals surface area contributed by atoms with Gasteiger partial charge in [-0.25, -0.2) is 0 Å². The van der Waals surface area contributed by atoms with E-state index < -0.39 is 0 Å². The van der Waals surface area contributed by atoms with Crippen molar-refractivity contribution in [3.05, 3.63) is 11.8 Å². The second kappa shape index (κ2) is 3.81. The second-order valence-corrected chi connectivity index (χ2v) is 7.03. The normalized spacial score (nSPS) is 42.6. The molecule has 0 aromatic carbocycles. The zero-order valence-electron chi connectivity index (χ0n) is 11.2. The Bertz CT molecular complexity index is 479. The molecular formula is C15H21N3O. The number of fused-ring (bicyclic) bond motifs is 5. The number of hydrogen-bond acceptors (Lipinski definition) is 4. The predicted octanol–water partition coefficient (Wildman–Crippen LogP) is 2.12. The van der Waals surface area contributed by atoms with E-state index in [4.69, 9.17) is 4.42 Å². The van der Waals surface area contributed by atoms with E-state index in [2.05, 4.69) is 15.5 Å². The lowest BCUT2D eigenvalue weighted by Crippen LogP contribution is -2.19. The molecule has 0 radical (unpaired) electrons. The first-order valence-corrected chi connectivity index (χ1v) is 7.96. The molecule has 4 heteroatoms. The van der Waals surface area contributed by atoms with Gasteiger partial charge in [0.25, 0.3) is 0 Å². The molecule has 4 unspecified atom stereocenters. The first-order valence-electron chi connectivity index (χ1n) is 7.96. The van der Waals surface area contributed by atoms with Crippen LogP contribution in [0.4, 0.5) is 0 Å². The van der Waals surface area contributed by atoms with Crippen molar-refractivity contribution in [1.29, 1.82) is 0 Å². The number of nitrogens with zero attached hydrogens (tertiary/aromatic N) is 2. The Kier molecular flexibility index (Phi) is 2.17. The SMILES string of the molecule is C(Cc1nnc(C2C3C4CCC(C4)C23)o1)NC1CC1. The van der Waals surface area contributed by atoms with Gasteiger partial charge in [-0.1, -0.05) is 0 Å². The van der Waals surface area contributed by atoms with Crippen molar-refractivity contribution in [3.8, 4) is 0 Å². The molecule has 4 saturated carbocycles. The van der Waals surface area contributed by atoms with Gasteiger partial charge < -0.3 is 9.73 Å². The van der Waals surface area contributed by atoms with E-state index in [-0.39, 0.29) is 0 Å². The van der Waals surface area contributed by atoms with Crippen LogP contribution in [0.1, 0.15) is 49.8 Å². The maximum atomic E-state index is 5.91. The summed E-state index contributed by atoms with van der Waals surface area (Å²) in [6.07, 6.45) is 7.95. The summed E-state index contributed by atoms with van der Waals surface area (Å²) in [5.41, 5.74) is 0. The molecule has 1 N–H and O–H groups in total. The number of hydrogen-bond donors (Lipinski definition) is 1. The zero-order valence-corrected chi connectivity index (χ0v) is 11.2. The molecule has 0 saturated heterocycles. The van der Waals surface area contributed by atoms with Gasteiger partial charge in [-0.2, -0.15) is 0 Å². The molecule has 4 fully saturated rings. The Morgan fingerprint density at radius 2 is 1.84 bits per heavy atom. The van der Waals surface area contributed by atoms with Crippen LogP contribution in [0.25, 0.3) is 0 Å². The second-order valence-electron chi connectivity index (χ2n) is 7.03. The standard InChI is InChI=1S/C15H21N3O/c1-2-9-7-8(1)12-13(9)14(12)15-18-17-11(19-15)5-6-16-10-3-4-10/h8-10,12-14,16H,1-7H2. The van der Waals surface area contributed by atoms with Gasteiger partial charge in [0.05, 0.1) is 0 Å². The molecule has 0 aliphatic heterocycles. The summed E-state index contributed by atoms with van der Waals surface area (Å²) in [4.78, 5) is 0. The lowest BCUT2D eigenvalue weighted by Gasteiger charge is -2.04. The third-order valence-electron chi connectivity index (χ3n) is 5.85. The molecule has 0 amide bonds. The average molecular weight is 259 g/mol. The fourth-order valence-corrected chi connectivity index (χ4v) is 4.83. The highest BCUT2D eigenvalue weighted by atomic mass is 16.4. The molecule has 1 heterocycles. The van der Waals surface area contributed by atoms with E-state index in [1.54, 1.807) is 0 Å². The monoisotopic (exact) mass is 259 g/mol. The molecule has 19 heavy (non-hydrogen) atoms. The maximum absolute atomic E-state index is 5.91. The third kappa shape index (κ3) is 1.69. The van der Waals surface area contributed by atoms with Crippen molar-refractivity contribution >= 4 is 0 Å². The van der Waals surface area contributed by atoms with Crippen molar-refractivity contribution in [2.75, 3.05) is 6.54 Å². The minimum absolute atomic E-state index is 0.629. The van der Waals surface area contributed by atoms with Gasteiger partial charge in [-0.15, -0.1) is 10.2 Å². The largest absolute Gasteiger partial charge is 0.425 e. The van der Waals surface area contributed by atoms with E-state index in [9.17, 15) is 0 Å². The Balaban J connectivity index is 1.23. The van der Waals surface area contributed by atoms with Gasteiger partial charge in [0.1, 0.15) is 0 Å². The van der Waals surface area contributed by atoms with Gasteiger partial charge >= 0.3 is 0 Å². The zero-order chi connectivity index (χ0) is 12.4. The number of rotatable bonds is 5. The van der Waals surface area contributed by atoms with Crippen molar-refractivity contribution in [3.63, 3.8) is 0 Å². The highest BCUT2D eigenvalue weighted by molar-refractivity contribution is 5.22. The van der Waals surface area contributed by atoms with Gasteiger partial charge in [-0.3, -0.25) is 0 Å². The van der Waals surface area contributed by atoms with Crippen LogP contribution in [-0.4, -0.2) is 22.8 Å². The first-order chi connectivity index (χ1) is 9.40. The lowest BCUT2D eigenvalue weighted by molar-refractivity contribution is 0.407. The summed E-state index contributed by atoms with van der Waals surface area (Å²) in [5.74, 6) is 6.17. The molecular weight excluding hydrogens is 238 g/mol. The summed E-state index contributed by atoms with van der Waals surface area (Å²) < 4.78 is 5.91. The van der Waals surface area contributed by atoms with E-state index in [0.717, 1.165) is 54.5 Å². The van der Waals surface area contributed by atoms with Crippen LogP contribution in [-0.2, 0) is 6.42 Å². The lowest BCUT2D eigenvalue weighted by atomic mass is 10.0. The van der Waals surface area contributed by atoms with Crippen LogP contribution in [0.2, 0.25) is 0 Å². The minimum Gasteiger partial charge on any atom is -0.425 e. The van der Waals surface area contributed by atoms with Gasteiger partial charge in [-0.05, 0) is 55.8 Å². The highest BCUT2D eigenvalue weighted by Crippen LogP contribution is 2.72. The predicted molar refractivity (Wildman–Crippen MR) is 69.6 cm³/mol. The molecule has 5 rings (SSSR count). The summed E-state index contributed by atoms with van der Waals surface area (Å²) in [5, 5.41) is 12.1. The minimum atomic E-state index is 0.629. The Morgan fingerprint density at radius 3 is 2.58 bits per heavy atom. The Morgan fingerprint density at radius 1 is 1.05 bits per heavy atom. The van der Waals surface area contributed by atoms with Crippen molar-refractivity contribution in [2.45, 2.75) is 50.5 Å². The van der Waals surface area contributed by atoms with Crippen molar-refractivity contribution in [2.24, 2.45) is 23.7 Å². The van der Waals surface area contributed by atoms with E-state index >= 15 is 0 Å². The fraction of sp³-hybridized carbons (Fsp3) is 0.867. The van der Waals surface area contributed by atoms with Crippen LogP contribution < -0.4 is 5.32 Å². The number of nitrogens with one attached hydrogen (secondary N) is 1. The fourth-order valence-electron chi connectivity index (χ4n) is 4.83. The van der Waals surface area contributed by atoms with Crippen molar-refractivity contribution < 1.29 is 4.42 Å². The molecule has 4 aliphatic carbocycles. The summed E-state index contributed by atoms with van der Waals surface area (Å²) in [6.45, 7) is 0.981. The molecule has 2 bridgehead atoms. The third-order valence-corrected chi connectivity index (χ3v) is 5.85. The molecule has 102 valence electrons. The summed E-state index contributed by atoms with van der Waals surface area (Å²) in [6, 6.07) is 0.765. The quantitative estimate of drug-likeness (QED) is 0.880. The molecule has 4 nitrogen and oxygen atoms in total. The number of aromatic nitrogens is 2. The first kappa shape index (κ1) is 10.8. The molecule has 1 aromatic heterocycles. The van der Waals surface area contributed by atoms with Crippen LogP contribution in [0, 0.1) is 23.7 Å². The van der Waals surface area contributed by atoms with E-state index in [0.29, 0.717) is 5.92 Å². The van der Waals surface area contributed by atoms with E-state index in [1.807, 2.05) is 0 Å². The van der Waals surface area contributed by atoms with Crippen LogP contribution in [0.3, 0.4) is 0 Å². The average Bonchev–Trinajstić information content (AvgIpc) is 3.25. The molecule has 4 atom stereocenters. The van der Waals surface area contributed by atoms with E-state index in [1.165, 1.54) is 32.1 Å². The molecule has 4 aliphatic rings. The Hall–Kier alpha value is -0.900. The molecule has 0 spiro atoms. The Labute approximate surface area is 113 Å². The topological polar surface area (TPSA) is 51.0 Å². The van der Waals surface area contributed by atoms with Gasteiger partial charge in [0.15, 0.2) is 0 Å². The maximum Gasteiger partial charge on any atom is 0.220 e. The highest BCUT2D eigenvalue weighted by Gasteiger charge is 2.67. The summed E-state index contributed by atoms with van der Waals surface area (Å²) in [7, 11) is 0. The smallest absolute Gasteiger partial charge is 0.220 e.